The van der Waals surface area contributed by atoms with Crippen LogP contribution in [0.4, 0.5) is 0 Å². The van der Waals surface area contributed by atoms with E-state index in [2.05, 4.69) is 0 Å². The van der Waals surface area contributed by atoms with Crippen molar-refractivity contribution < 1.29 is 10.2 Å². The second-order valence-electron chi connectivity index (χ2n) is 3.01. The van der Waals surface area contributed by atoms with Gasteiger partial charge >= 0.3 is 0 Å². The third kappa shape index (κ3) is 4.28. The van der Waals surface area contributed by atoms with Crippen LogP contribution >= 0.6 is 11.8 Å². The molecule has 0 radical (unpaired) electrons. The Bertz CT molecular complexity index is 415. The standard InChI is InChI=1S/C7H8OS.C6H6O/c1-9-7-5-3-2-4-6(7)8;7-6-4-2-1-3-5-6/h2-5,8H,1H3;1-5,7H. The zero-order valence-electron chi connectivity index (χ0n) is 9.00. The molecule has 0 saturated carbocycles. The minimum absolute atomic E-state index is 0.322. The maximum absolute atomic E-state index is 9.09. The third-order valence-corrected chi connectivity index (χ3v) is 2.63. The molecule has 2 nitrogen and oxygen atoms in total. The number of thioether (sulfide) groups is 1. The lowest BCUT2D eigenvalue weighted by atomic mass is 10.3. The van der Waals surface area contributed by atoms with Crippen molar-refractivity contribution in [2.45, 2.75) is 4.90 Å². The Kier molecular flexibility index (Phi) is 5.29. The van der Waals surface area contributed by atoms with Crippen molar-refractivity contribution in [3.05, 3.63) is 54.6 Å². The number of rotatable bonds is 1. The van der Waals surface area contributed by atoms with Crippen LogP contribution in [0.5, 0.6) is 11.5 Å². The predicted octanol–water partition coefficient (Wildman–Crippen LogP) is 3.51. The van der Waals surface area contributed by atoms with Gasteiger partial charge in [-0.1, -0.05) is 30.3 Å². The summed E-state index contributed by atoms with van der Waals surface area (Å²) in [5.41, 5.74) is 0. The summed E-state index contributed by atoms with van der Waals surface area (Å²) in [6, 6.07) is 16.0. The minimum Gasteiger partial charge on any atom is -0.508 e. The van der Waals surface area contributed by atoms with Crippen LogP contribution in [0, 0.1) is 0 Å². The molecular formula is C13H14O2S. The highest BCUT2D eigenvalue weighted by molar-refractivity contribution is 7.98. The second-order valence-corrected chi connectivity index (χ2v) is 3.86. The summed E-state index contributed by atoms with van der Waals surface area (Å²) in [5, 5.41) is 17.7. The van der Waals surface area contributed by atoms with Crippen molar-refractivity contribution in [2.24, 2.45) is 0 Å². The highest BCUT2D eigenvalue weighted by Crippen LogP contribution is 2.24. The fraction of sp³-hybridized carbons (Fsp3) is 0.0769. The molecule has 0 fully saturated rings. The smallest absolute Gasteiger partial charge is 0.129 e. The van der Waals surface area contributed by atoms with Crippen LogP contribution in [0.25, 0.3) is 0 Å². The first kappa shape index (κ1) is 12.5. The highest BCUT2D eigenvalue weighted by Gasteiger charge is 1.93. The zero-order valence-corrected chi connectivity index (χ0v) is 9.82. The van der Waals surface area contributed by atoms with Crippen molar-refractivity contribution in [3.63, 3.8) is 0 Å². The van der Waals surface area contributed by atoms with Gasteiger partial charge in [-0.25, -0.2) is 0 Å². The van der Waals surface area contributed by atoms with Gasteiger partial charge in [0.2, 0.25) is 0 Å². The van der Waals surface area contributed by atoms with Crippen molar-refractivity contribution >= 4 is 11.8 Å². The molecule has 0 amide bonds. The molecule has 84 valence electrons. The SMILES string of the molecule is CSc1ccccc1O.Oc1ccccc1. The minimum atomic E-state index is 0.322. The molecule has 0 aliphatic heterocycles. The molecule has 0 bridgehead atoms. The summed E-state index contributed by atoms with van der Waals surface area (Å²) in [5.74, 6) is 0.688. The Labute approximate surface area is 99.6 Å². The number of phenols is 2. The van der Waals surface area contributed by atoms with Crippen molar-refractivity contribution in [2.75, 3.05) is 6.26 Å². The van der Waals surface area contributed by atoms with E-state index in [1.165, 1.54) is 0 Å². The van der Waals surface area contributed by atoms with E-state index >= 15 is 0 Å². The predicted molar refractivity (Wildman–Crippen MR) is 68.0 cm³/mol. The summed E-state index contributed by atoms with van der Waals surface area (Å²) in [6.45, 7) is 0. The second kappa shape index (κ2) is 6.80. The summed E-state index contributed by atoms with van der Waals surface area (Å²) < 4.78 is 0. The van der Waals surface area contributed by atoms with E-state index in [1.807, 2.05) is 30.5 Å². The number of phenolic OH excluding ortho intramolecular Hbond substituents is 2. The molecule has 0 aliphatic rings. The summed E-state index contributed by atoms with van der Waals surface area (Å²) >= 11 is 1.55. The van der Waals surface area contributed by atoms with Crippen LogP contribution in [0.1, 0.15) is 0 Å². The third-order valence-electron chi connectivity index (χ3n) is 1.84. The van der Waals surface area contributed by atoms with E-state index < -0.39 is 0 Å². The van der Waals surface area contributed by atoms with Crippen LogP contribution in [-0.4, -0.2) is 16.5 Å². The van der Waals surface area contributed by atoms with Gasteiger partial charge in [-0.15, -0.1) is 11.8 Å². The van der Waals surface area contributed by atoms with Gasteiger partial charge in [-0.3, -0.25) is 0 Å². The van der Waals surface area contributed by atoms with E-state index in [0.717, 1.165) is 4.90 Å². The lowest BCUT2D eigenvalue weighted by Gasteiger charge is -1.96. The summed E-state index contributed by atoms with van der Waals surface area (Å²) in [6.07, 6.45) is 1.94. The highest BCUT2D eigenvalue weighted by atomic mass is 32.2. The maximum atomic E-state index is 9.09. The van der Waals surface area contributed by atoms with E-state index in [9.17, 15) is 0 Å². The van der Waals surface area contributed by atoms with Gasteiger partial charge < -0.3 is 10.2 Å². The largest absolute Gasteiger partial charge is 0.508 e. The molecular weight excluding hydrogens is 220 g/mol. The molecule has 0 saturated heterocycles. The van der Waals surface area contributed by atoms with Crippen LogP contribution in [0.3, 0.4) is 0 Å². The molecule has 0 spiro atoms. The zero-order chi connectivity index (χ0) is 11.8. The summed E-state index contributed by atoms with van der Waals surface area (Å²) in [4.78, 5) is 0.928. The van der Waals surface area contributed by atoms with Crippen LogP contribution in [0.2, 0.25) is 0 Å². The molecule has 2 rings (SSSR count). The molecule has 16 heavy (non-hydrogen) atoms. The van der Waals surface area contributed by atoms with Crippen molar-refractivity contribution in [1.29, 1.82) is 0 Å². The van der Waals surface area contributed by atoms with Crippen LogP contribution in [-0.2, 0) is 0 Å². The first-order valence-corrected chi connectivity index (χ1v) is 6.02. The molecule has 0 aliphatic carbocycles. The van der Waals surface area contributed by atoms with Gasteiger partial charge in [-0.05, 0) is 30.5 Å². The maximum Gasteiger partial charge on any atom is 0.129 e. The van der Waals surface area contributed by atoms with Gasteiger partial charge in [0.25, 0.3) is 0 Å². The van der Waals surface area contributed by atoms with E-state index in [0.29, 0.717) is 11.5 Å². The fourth-order valence-corrected chi connectivity index (χ4v) is 1.55. The Morgan fingerprint density at radius 3 is 1.75 bits per heavy atom. The Hall–Kier alpha value is -1.61. The molecule has 2 N–H and O–H groups in total. The van der Waals surface area contributed by atoms with Crippen LogP contribution < -0.4 is 0 Å². The molecule has 0 unspecified atom stereocenters. The quantitative estimate of drug-likeness (QED) is 0.742. The normalized spacial score (nSPS) is 9.06. The van der Waals surface area contributed by atoms with E-state index in [-0.39, 0.29) is 0 Å². The number of hydrogen-bond donors (Lipinski definition) is 2. The molecule has 2 aromatic rings. The van der Waals surface area contributed by atoms with Crippen molar-refractivity contribution in [3.8, 4) is 11.5 Å². The van der Waals surface area contributed by atoms with Gasteiger partial charge in [0.15, 0.2) is 0 Å². The Balaban J connectivity index is 0.000000165. The van der Waals surface area contributed by atoms with Crippen molar-refractivity contribution in [1.82, 2.24) is 0 Å². The van der Waals surface area contributed by atoms with Crippen LogP contribution in [0.15, 0.2) is 59.5 Å². The molecule has 2 aromatic carbocycles. The fourth-order valence-electron chi connectivity index (χ4n) is 1.06. The molecule has 0 heterocycles. The van der Waals surface area contributed by atoms with E-state index in [4.69, 9.17) is 10.2 Å². The first-order chi connectivity index (χ1) is 7.74. The van der Waals surface area contributed by atoms with E-state index in [1.54, 1.807) is 42.1 Å². The average molecular weight is 234 g/mol. The molecule has 0 aromatic heterocycles. The number of benzene rings is 2. The monoisotopic (exact) mass is 234 g/mol. The first-order valence-electron chi connectivity index (χ1n) is 4.80. The Morgan fingerprint density at radius 2 is 1.38 bits per heavy atom. The summed E-state index contributed by atoms with van der Waals surface area (Å²) in [7, 11) is 0. The topological polar surface area (TPSA) is 40.5 Å². The molecule has 0 atom stereocenters. The van der Waals surface area contributed by atoms with Gasteiger partial charge in [0, 0.05) is 4.90 Å². The number of hydrogen-bond acceptors (Lipinski definition) is 3. The molecule has 3 heteroatoms. The van der Waals surface area contributed by atoms with Gasteiger partial charge in [0.1, 0.15) is 11.5 Å². The lowest BCUT2D eigenvalue weighted by Crippen LogP contribution is -1.68. The van der Waals surface area contributed by atoms with Gasteiger partial charge in [-0.2, -0.15) is 0 Å². The lowest BCUT2D eigenvalue weighted by molar-refractivity contribution is 0.462. The number of para-hydroxylation sites is 2. The Morgan fingerprint density at radius 1 is 0.812 bits per heavy atom. The van der Waals surface area contributed by atoms with Gasteiger partial charge in [0.05, 0.1) is 0 Å². The number of aromatic hydroxyl groups is 2. The average Bonchev–Trinajstić information content (AvgIpc) is 2.31.